The quantitative estimate of drug-likeness (QED) is 0.330. The molecule has 2 spiro atoms. The Hall–Kier alpha value is -1.77. The maximum Gasteiger partial charge on any atom is 0.305 e. The van der Waals surface area contributed by atoms with Crippen molar-refractivity contribution < 1.29 is 38.1 Å². The fourth-order valence-corrected chi connectivity index (χ4v) is 11.2. The summed E-state index contributed by atoms with van der Waals surface area (Å²) in [6.45, 7) is 16.7. The van der Waals surface area contributed by atoms with E-state index in [9.17, 15) is 14.4 Å². The van der Waals surface area contributed by atoms with Crippen LogP contribution >= 0.6 is 0 Å². The Bertz CT molecular complexity index is 1180. The molecular formula is C32H46O8. The molecule has 0 N–H and O–H groups in total. The Morgan fingerprint density at radius 1 is 1.07 bits per heavy atom. The lowest BCUT2D eigenvalue weighted by atomic mass is 9.38. The van der Waals surface area contributed by atoms with Gasteiger partial charge in [0.1, 0.15) is 23.1 Å². The molecule has 0 amide bonds. The molecule has 10 atom stereocenters. The van der Waals surface area contributed by atoms with E-state index < -0.39 is 50.9 Å². The number of ether oxygens (including phenoxy) is 5. The number of allylic oxidation sites excluding steroid dienone is 1. The van der Waals surface area contributed by atoms with E-state index in [0.717, 1.165) is 37.7 Å². The zero-order chi connectivity index (χ0) is 29.1. The molecule has 40 heavy (non-hydrogen) atoms. The van der Waals surface area contributed by atoms with Gasteiger partial charge in [0, 0.05) is 37.0 Å². The molecule has 3 aliphatic heterocycles. The van der Waals surface area contributed by atoms with Crippen LogP contribution in [0.3, 0.4) is 0 Å². The lowest BCUT2D eigenvalue weighted by molar-refractivity contribution is -0.258. The van der Waals surface area contributed by atoms with Crippen molar-refractivity contribution in [2.45, 2.75) is 128 Å². The second-order valence-electron chi connectivity index (χ2n) is 14.4. The van der Waals surface area contributed by atoms with E-state index in [2.05, 4.69) is 34.3 Å². The minimum atomic E-state index is -1.05. The molecule has 6 rings (SSSR count). The van der Waals surface area contributed by atoms with Crippen LogP contribution in [0.2, 0.25) is 0 Å². The van der Waals surface area contributed by atoms with Gasteiger partial charge in [-0.2, -0.15) is 0 Å². The van der Waals surface area contributed by atoms with Crippen LogP contribution < -0.4 is 0 Å². The van der Waals surface area contributed by atoms with Crippen LogP contribution in [-0.4, -0.2) is 60.1 Å². The smallest absolute Gasteiger partial charge is 0.305 e. The number of hydrogen-bond donors (Lipinski definition) is 0. The van der Waals surface area contributed by atoms with Gasteiger partial charge in [-0.1, -0.05) is 32.9 Å². The third-order valence-electron chi connectivity index (χ3n) is 13.0. The Balaban J connectivity index is 1.54. The Morgan fingerprint density at radius 3 is 2.40 bits per heavy atom. The molecule has 3 aliphatic carbocycles. The van der Waals surface area contributed by atoms with Gasteiger partial charge in [-0.25, -0.2) is 0 Å². The maximum atomic E-state index is 14.8. The number of fused-ring (bicyclic) bond motifs is 3. The van der Waals surface area contributed by atoms with Crippen LogP contribution in [0, 0.1) is 28.1 Å². The van der Waals surface area contributed by atoms with Gasteiger partial charge in [-0.05, 0) is 63.7 Å². The summed E-state index contributed by atoms with van der Waals surface area (Å²) in [7, 11) is 1.39. The summed E-state index contributed by atoms with van der Waals surface area (Å²) in [5.74, 6) is -1.94. The first-order valence-corrected chi connectivity index (χ1v) is 15.1. The highest BCUT2D eigenvalue weighted by Gasteiger charge is 2.90. The predicted octanol–water partition coefficient (Wildman–Crippen LogP) is 5.06. The van der Waals surface area contributed by atoms with Gasteiger partial charge in [0.15, 0.2) is 5.79 Å². The van der Waals surface area contributed by atoms with Gasteiger partial charge < -0.3 is 23.7 Å². The van der Waals surface area contributed by atoms with Crippen LogP contribution in [0.4, 0.5) is 0 Å². The van der Waals surface area contributed by atoms with Gasteiger partial charge >= 0.3 is 11.9 Å². The number of ketones is 1. The first kappa shape index (κ1) is 28.4. The number of Topliss-reactive ketones (excluding diaryl/α,β-unsaturated/α-hetero) is 1. The monoisotopic (exact) mass is 558 g/mol. The molecular weight excluding hydrogens is 512 g/mol. The Kier molecular flexibility index (Phi) is 5.96. The van der Waals surface area contributed by atoms with Crippen molar-refractivity contribution in [3.05, 3.63) is 12.2 Å². The molecule has 3 saturated carbocycles. The third-order valence-corrected chi connectivity index (χ3v) is 13.0. The highest BCUT2D eigenvalue weighted by molar-refractivity contribution is 5.87. The van der Waals surface area contributed by atoms with Gasteiger partial charge in [0.25, 0.3) is 0 Å². The average molecular weight is 559 g/mol. The second kappa shape index (κ2) is 8.41. The minimum Gasteiger partial charge on any atom is -0.469 e. The zero-order valence-corrected chi connectivity index (χ0v) is 25.3. The molecule has 0 radical (unpaired) electrons. The second-order valence-corrected chi connectivity index (χ2v) is 14.4. The van der Waals surface area contributed by atoms with E-state index in [0.29, 0.717) is 25.9 Å². The number of carbonyl (C=O) groups is 3. The van der Waals surface area contributed by atoms with Crippen molar-refractivity contribution in [2.24, 2.45) is 28.1 Å². The lowest BCUT2D eigenvalue weighted by Crippen LogP contribution is -2.75. The van der Waals surface area contributed by atoms with Crippen molar-refractivity contribution in [1.29, 1.82) is 0 Å². The molecule has 8 heteroatoms. The minimum absolute atomic E-state index is 0.104. The van der Waals surface area contributed by atoms with Crippen molar-refractivity contribution in [2.75, 3.05) is 13.7 Å². The van der Waals surface area contributed by atoms with E-state index in [1.54, 1.807) is 0 Å². The van der Waals surface area contributed by atoms with Crippen LogP contribution in [0.25, 0.3) is 0 Å². The first-order valence-electron chi connectivity index (χ1n) is 15.1. The SMILES string of the molecule is C=C(C)C1CC(OC(C)=O)C23OCC4(CC(=O)C2C1(C)CCC(=O)OC)C3(C)CCC41OC2(CC)CCC1(C)O2. The van der Waals surface area contributed by atoms with E-state index in [-0.39, 0.29) is 30.1 Å². The summed E-state index contributed by atoms with van der Waals surface area (Å²) in [6.07, 6.45) is 4.85. The standard InChI is InChI=1S/C32H46O8/c1-9-30-14-13-28(7,39-30)31(40-30)15-12-27(6)29(31)17-22(34)25-26(5,11-10-24(35)36-8)21(19(2)3)16-23(38-20(4)33)32(25,27)37-18-29/h21,23,25H,2,9-18H2,1,3-8H3. The van der Waals surface area contributed by atoms with E-state index in [4.69, 9.17) is 23.7 Å². The topological polar surface area (TPSA) is 97.4 Å². The van der Waals surface area contributed by atoms with Crippen molar-refractivity contribution >= 4 is 17.7 Å². The number of rotatable bonds is 6. The molecule has 6 aliphatic rings. The van der Waals surface area contributed by atoms with Gasteiger partial charge in [-0.3, -0.25) is 14.4 Å². The molecule has 6 fully saturated rings. The van der Waals surface area contributed by atoms with Crippen LogP contribution in [0.5, 0.6) is 0 Å². The van der Waals surface area contributed by atoms with E-state index in [1.807, 2.05) is 6.92 Å². The fraction of sp³-hybridized carbons (Fsp3) is 0.844. The largest absolute Gasteiger partial charge is 0.469 e. The molecule has 222 valence electrons. The fourth-order valence-electron chi connectivity index (χ4n) is 11.2. The van der Waals surface area contributed by atoms with E-state index in [1.165, 1.54) is 14.0 Å². The summed E-state index contributed by atoms with van der Waals surface area (Å²) in [5.41, 5.74) is -3.09. The van der Waals surface area contributed by atoms with Crippen molar-refractivity contribution in [3.63, 3.8) is 0 Å². The molecule has 0 aromatic heterocycles. The van der Waals surface area contributed by atoms with Gasteiger partial charge in [0.2, 0.25) is 0 Å². The number of hydrogen-bond acceptors (Lipinski definition) is 8. The van der Waals surface area contributed by atoms with Gasteiger partial charge in [-0.15, -0.1) is 0 Å². The van der Waals surface area contributed by atoms with Crippen LogP contribution in [0.15, 0.2) is 12.2 Å². The normalized spacial score (nSPS) is 52.0. The van der Waals surface area contributed by atoms with E-state index >= 15 is 0 Å². The Morgan fingerprint density at radius 2 is 1.80 bits per heavy atom. The summed E-state index contributed by atoms with van der Waals surface area (Å²) < 4.78 is 32.2. The predicted molar refractivity (Wildman–Crippen MR) is 145 cm³/mol. The summed E-state index contributed by atoms with van der Waals surface area (Å²) in [4.78, 5) is 39.9. The van der Waals surface area contributed by atoms with Crippen LogP contribution in [-0.2, 0) is 38.1 Å². The lowest BCUT2D eigenvalue weighted by Gasteiger charge is -2.66. The van der Waals surface area contributed by atoms with Crippen LogP contribution in [0.1, 0.15) is 99.3 Å². The van der Waals surface area contributed by atoms with Crippen molar-refractivity contribution in [3.8, 4) is 0 Å². The highest BCUT2D eigenvalue weighted by Crippen LogP contribution is 2.83. The summed E-state index contributed by atoms with van der Waals surface area (Å²) >= 11 is 0. The first-order chi connectivity index (χ1) is 18.7. The average Bonchev–Trinajstić information content (AvgIpc) is 3.49. The molecule has 10 unspecified atom stereocenters. The molecule has 3 saturated heterocycles. The molecule has 4 bridgehead atoms. The molecule has 0 aromatic carbocycles. The summed E-state index contributed by atoms with van der Waals surface area (Å²) in [6, 6.07) is 0. The summed E-state index contributed by atoms with van der Waals surface area (Å²) in [5, 5.41) is 0. The maximum absolute atomic E-state index is 14.8. The number of methoxy groups -OCH3 is 1. The molecule has 0 aromatic rings. The Labute approximate surface area is 237 Å². The van der Waals surface area contributed by atoms with Crippen molar-refractivity contribution in [1.82, 2.24) is 0 Å². The third kappa shape index (κ3) is 2.96. The van der Waals surface area contributed by atoms with Gasteiger partial charge in [0.05, 0.1) is 25.2 Å². The number of esters is 2. The highest BCUT2D eigenvalue weighted by atomic mass is 16.8. The molecule has 3 heterocycles. The zero-order valence-electron chi connectivity index (χ0n) is 25.3. The molecule has 8 nitrogen and oxygen atoms in total. The number of carbonyl (C=O) groups excluding carboxylic acids is 3.